The fourth-order valence-corrected chi connectivity index (χ4v) is 2.61. The fourth-order valence-electron chi connectivity index (χ4n) is 2.34. The molecule has 0 amide bonds. The zero-order valence-corrected chi connectivity index (χ0v) is 10.9. The van der Waals surface area contributed by atoms with E-state index in [-0.39, 0.29) is 17.0 Å². The van der Waals surface area contributed by atoms with Crippen molar-refractivity contribution < 1.29 is 13.5 Å². The minimum absolute atomic E-state index is 0.0971. The van der Waals surface area contributed by atoms with Crippen LogP contribution in [0.2, 0.25) is 5.02 Å². The van der Waals surface area contributed by atoms with Crippen molar-refractivity contribution in [3.8, 4) is 0 Å². The Morgan fingerprint density at radius 1 is 1.44 bits per heavy atom. The van der Waals surface area contributed by atoms with E-state index >= 15 is 0 Å². The third-order valence-electron chi connectivity index (χ3n) is 3.24. The van der Waals surface area contributed by atoms with E-state index in [9.17, 15) is 8.78 Å². The lowest BCUT2D eigenvalue weighted by Crippen LogP contribution is -2.29. The van der Waals surface area contributed by atoms with Crippen LogP contribution in [0, 0.1) is 17.6 Å². The van der Waals surface area contributed by atoms with E-state index in [0.717, 1.165) is 19.0 Å². The molecule has 0 spiro atoms. The molecular formula is C13H16ClF2NO. The van der Waals surface area contributed by atoms with Gasteiger partial charge < -0.3 is 10.1 Å². The van der Waals surface area contributed by atoms with Gasteiger partial charge >= 0.3 is 0 Å². The molecule has 100 valence electrons. The molecule has 1 aliphatic rings. The molecule has 1 aromatic carbocycles. The normalized spacial score (nSPS) is 21.2. The molecule has 1 fully saturated rings. The predicted octanol–water partition coefficient (Wildman–Crippen LogP) is 3.31. The molecule has 2 unspecified atom stereocenters. The third-order valence-corrected chi connectivity index (χ3v) is 3.56. The van der Waals surface area contributed by atoms with Gasteiger partial charge in [0.25, 0.3) is 0 Å². The Labute approximate surface area is 110 Å². The molecule has 2 atom stereocenters. The van der Waals surface area contributed by atoms with Crippen molar-refractivity contribution >= 4 is 11.6 Å². The zero-order valence-electron chi connectivity index (χ0n) is 10.2. The average molecular weight is 276 g/mol. The lowest BCUT2D eigenvalue weighted by molar-refractivity contribution is 0.177. The van der Waals surface area contributed by atoms with Crippen LogP contribution in [0.1, 0.15) is 24.9 Å². The summed E-state index contributed by atoms with van der Waals surface area (Å²) in [7, 11) is 0. The predicted molar refractivity (Wildman–Crippen MR) is 66.7 cm³/mol. The van der Waals surface area contributed by atoms with Crippen molar-refractivity contribution in [3.63, 3.8) is 0 Å². The van der Waals surface area contributed by atoms with Crippen molar-refractivity contribution in [1.29, 1.82) is 0 Å². The number of ether oxygens (including phenoxy) is 1. The Morgan fingerprint density at radius 2 is 2.17 bits per heavy atom. The van der Waals surface area contributed by atoms with E-state index in [0.29, 0.717) is 18.8 Å². The van der Waals surface area contributed by atoms with Crippen LogP contribution in [-0.2, 0) is 4.74 Å². The first kappa shape index (κ1) is 13.7. The van der Waals surface area contributed by atoms with E-state index in [4.69, 9.17) is 16.3 Å². The maximum Gasteiger partial charge on any atom is 0.160 e. The molecule has 1 aliphatic heterocycles. The van der Waals surface area contributed by atoms with Crippen LogP contribution in [0.25, 0.3) is 0 Å². The average Bonchev–Trinajstić information content (AvgIpc) is 2.85. The van der Waals surface area contributed by atoms with E-state index in [1.54, 1.807) is 0 Å². The largest absolute Gasteiger partial charge is 0.381 e. The molecule has 0 radical (unpaired) electrons. The van der Waals surface area contributed by atoms with Gasteiger partial charge in [-0.3, -0.25) is 0 Å². The van der Waals surface area contributed by atoms with Crippen LogP contribution in [-0.4, -0.2) is 19.8 Å². The van der Waals surface area contributed by atoms with Gasteiger partial charge in [-0.05, 0) is 30.7 Å². The summed E-state index contributed by atoms with van der Waals surface area (Å²) in [6.45, 7) is 4.02. The number of nitrogens with one attached hydrogen (secondary N) is 1. The van der Waals surface area contributed by atoms with Crippen LogP contribution >= 0.6 is 11.6 Å². The summed E-state index contributed by atoms with van der Waals surface area (Å²) in [5, 5.41) is 3.53. The second kappa shape index (κ2) is 5.95. The van der Waals surface area contributed by atoms with Crippen LogP contribution in [0.4, 0.5) is 8.78 Å². The van der Waals surface area contributed by atoms with Gasteiger partial charge in [-0.25, -0.2) is 8.78 Å². The Hall–Kier alpha value is -0.710. The van der Waals surface area contributed by atoms with Gasteiger partial charge in [0.2, 0.25) is 0 Å². The van der Waals surface area contributed by atoms with E-state index in [1.807, 2.05) is 6.92 Å². The minimum Gasteiger partial charge on any atom is -0.381 e. The Kier molecular flexibility index (Phi) is 4.54. The smallest absolute Gasteiger partial charge is 0.160 e. The number of rotatable bonds is 4. The summed E-state index contributed by atoms with van der Waals surface area (Å²) in [5.41, 5.74) is 0.605. The van der Waals surface area contributed by atoms with Crippen LogP contribution in [0.5, 0.6) is 0 Å². The van der Waals surface area contributed by atoms with Crippen molar-refractivity contribution in [3.05, 3.63) is 34.4 Å². The zero-order chi connectivity index (χ0) is 13.1. The standard InChI is InChI=1S/C13H16ClF2NO/c1-2-17-13(8-3-4-18-7-8)9-5-11(15)12(16)6-10(9)14/h5-6,8,13,17H,2-4,7H2,1H3. The van der Waals surface area contributed by atoms with Crippen molar-refractivity contribution in [1.82, 2.24) is 5.32 Å². The van der Waals surface area contributed by atoms with Crippen molar-refractivity contribution in [2.24, 2.45) is 5.92 Å². The molecule has 18 heavy (non-hydrogen) atoms. The van der Waals surface area contributed by atoms with Gasteiger partial charge in [0, 0.05) is 23.6 Å². The molecule has 5 heteroatoms. The summed E-state index contributed by atoms with van der Waals surface area (Å²) in [4.78, 5) is 0. The van der Waals surface area contributed by atoms with Crippen LogP contribution < -0.4 is 5.32 Å². The minimum atomic E-state index is -0.915. The summed E-state index contributed by atoms with van der Waals surface area (Å²) in [6, 6.07) is 2.12. The molecule has 0 bridgehead atoms. The molecule has 1 N–H and O–H groups in total. The maximum absolute atomic E-state index is 13.4. The molecule has 1 heterocycles. The Morgan fingerprint density at radius 3 is 2.78 bits per heavy atom. The Balaban J connectivity index is 2.32. The molecule has 0 aliphatic carbocycles. The van der Waals surface area contributed by atoms with E-state index in [2.05, 4.69) is 5.32 Å². The van der Waals surface area contributed by atoms with Crippen molar-refractivity contribution in [2.45, 2.75) is 19.4 Å². The quantitative estimate of drug-likeness (QED) is 0.852. The fraction of sp³-hybridized carbons (Fsp3) is 0.538. The summed E-state index contributed by atoms with van der Waals surface area (Å²) in [5.74, 6) is -1.54. The maximum atomic E-state index is 13.4. The van der Waals surface area contributed by atoms with Crippen LogP contribution in [0.3, 0.4) is 0 Å². The lowest BCUT2D eigenvalue weighted by atomic mass is 9.92. The van der Waals surface area contributed by atoms with Crippen molar-refractivity contribution in [2.75, 3.05) is 19.8 Å². The molecule has 0 aromatic heterocycles. The highest BCUT2D eigenvalue weighted by atomic mass is 35.5. The molecule has 2 rings (SSSR count). The first-order valence-corrected chi connectivity index (χ1v) is 6.46. The molecule has 0 saturated carbocycles. The highest BCUT2D eigenvalue weighted by Gasteiger charge is 2.28. The second-order valence-electron chi connectivity index (χ2n) is 4.45. The lowest BCUT2D eigenvalue weighted by Gasteiger charge is -2.24. The van der Waals surface area contributed by atoms with Crippen LogP contribution in [0.15, 0.2) is 12.1 Å². The molecule has 2 nitrogen and oxygen atoms in total. The van der Waals surface area contributed by atoms with Gasteiger partial charge in [-0.2, -0.15) is 0 Å². The number of halogens is 3. The van der Waals surface area contributed by atoms with Gasteiger partial charge in [0.05, 0.1) is 6.61 Å². The van der Waals surface area contributed by atoms with Gasteiger partial charge in [-0.15, -0.1) is 0 Å². The monoisotopic (exact) mass is 275 g/mol. The summed E-state index contributed by atoms with van der Waals surface area (Å²) < 4.78 is 31.8. The summed E-state index contributed by atoms with van der Waals surface area (Å²) in [6.07, 6.45) is 0.896. The topological polar surface area (TPSA) is 21.3 Å². The SMILES string of the molecule is CCNC(c1cc(F)c(F)cc1Cl)C1CCOC1. The number of benzene rings is 1. The second-order valence-corrected chi connectivity index (χ2v) is 4.85. The molecular weight excluding hydrogens is 260 g/mol. The first-order valence-electron chi connectivity index (χ1n) is 6.09. The Bertz CT molecular complexity index is 422. The van der Waals surface area contributed by atoms with Gasteiger partial charge in [0.1, 0.15) is 0 Å². The van der Waals surface area contributed by atoms with E-state index in [1.165, 1.54) is 6.07 Å². The molecule has 1 aromatic rings. The highest BCUT2D eigenvalue weighted by Crippen LogP contribution is 2.34. The van der Waals surface area contributed by atoms with Gasteiger partial charge in [-0.1, -0.05) is 18.5 Å². The highest BCUT2D eigenvalue weighted by molar-refractivity contribution is 6.31. The first-order chi connectivity index (χ1) is 8.63. The van der Waals surface area contributed by atoms with Gasteiger partial charge in [0.15, 0.2) is 11.6 Å². The number of hydrogen-bond donors (Lipinski definition) is 1. The number of hydrogen-bond acceptors (Lipinski definition) is 2. The molecule has 1 saturated heterocycles. The summed E-state index contributed by atoms with van der Waals surface area (Å²) >= 11 is 6.02. The third kappa shape index (κ3) is 2.82. The van der Waals surface area contributed by atoms with E-state index < -0.39 is 11.6 Å².